The lowest BCUT2D eigenvalue weighted by Gasteiger charge is -2.22. The molecular weight excluding hydrogens is 450 g/mol. The Morgan fingerprint density at radius 3 is 2.68 bits per heavy atom. The van der Waals surface area contributed by atoms with Crippen molar-refractivity contribution in [3.8, 4) is 5.88 Å². The van der Waals surface area contributed by atoms with Gasteiger partial charge in [-0.15, -0.1) is 0 Å². The Kier molecular flexibility index (Phi) is 6.26. The minimum atomic E-state index is -1.08. The number of carbonyl (C=O) groups is 1. The van der Waals surface area contributed by atoms with Crippen LogP contribution in [-0.4, -0.2) is 27.2 Å². The maximum atomic E-state index is 13.6. The van der Waals surface area contributed by atoms with Crippen LogP contribution in [0.15, 0.2) is 51.8 Å². The highest BCUT2D eigenvalue weighted by molar-refractivity contribution is 5.91. The zero-order chi connectivity index (χ0) is 24.4. The van der Waals surface area contributed by atoms with Gasteiger partial charge in [-0.3, -0.25) is 13.9 Å². The number of nitrogens with one attached hydrogen (secondary N) is 1. The zero-order valence-electron chi connectivity index (χ0n) is 18.3. The zero-order valence-corrected chi connectivity index (χ0v) is 18.3. The van der Waals surface area contributed by atoms with Crippen molar-refractivity contribution in [3.63, 3.8) is 0 Å². The molecule has 3 heterocycles. The maximum Gasteiger partial charge on any atom is 0.356 e. The molecule has 0 radical (unpaired) electrons. The predicted molar refractivity (Wildman–Crippen MR) is 117 cm³/mol. The molecule has 0 bridgehead atoms. The third kappa shape index (κ3) is 4.45. The van der Waals surface area contributed by atoms with Gasteiger partial charge in [0, 0.05) is 24.0 Å². The summed E-state index contributed by atoms with van der Waals surface area (Å²) in [6.07, 6.45) is 2.77. The van der Waals surface area contributed by atoms with Gasteiger partial charge in [-0.05, 0) is 36.2 Å². The van der Waals surface area contributed by atoms with E-state index in [1.54, 1.807) is 19.1 Å². The molecule has 0 saturated carbocycles. The van der Waals surface area contributed by atoms with Crippen LogP contribution in [0.5, 0.6) is 5.88 Å². The van der Waals surface area contributed by atoms with Crippen LogP contribution in [0, 0.1) is 18.6 Å². The lowest BCUT2D eigenvalue weighted by Crippen LogP contribution is -2.45. The van der Waals surface area contributed by atoms with Crippen molar-refractivity contribution >= 4 is 12.2 Å². The molecule has 0 saturated heterocycles. The Balaban J connectivity index is 1.62. The van der Waals surface area contributed by atoms with E-state index in [-0.39, 0.29) is 36.5 Å². The number of benzene rings is 1. The minimum absolute atomic E-state index is 0.0213. The second-order valence-corrected chi connectivity index (χ2v) is 7.54. The summed E-state index contributed by atoms with van der Waals surface area (Å²) in [7, 11) is 1.47. The van der Waals surface area contributed by atoms with Crippen LogP contribution in [0.2, 0.25) is 0 Å². The molecule has 34 heavy (non-hydrogen) atoms. The molecule has 4 rings (SSSR count). The number of aromatic nitrogens is 3. The molecule has 9 nitrogen and oxygen atoms in total. The number of hydrogen-bond donors (Lipinski definition) is 1. The summed E-state index contributed by atoms with van der Waals surface area (Å²) in [6, 6.07) is 6.43. The van der Waals surface area contributed by atoms with E-state index >= 15 is 0 Å². The number of halogens is 2. The van der Waals surface area contributed by atoms with E-state index in [9.17, 15) is 23.2 Å². The third-order valence-electron chi connectivity index (χ3n) is 5.35. The number of pyridine rings is 1. The highest BCUT2D eigenvalue weighted by Gasteiger charge is 2.23. The van der Waals surface area contributed by atoms with Crippen LogP contribution in [0.3, 0.4) is 0 Å². The Morgan fingerprint density at radius 2 is 1.94 bits per heavy atom. The topological polar surface area (TPSA) is 104 Å². The van der Waals surface area contributed by atoms with Gasteiger partial charge in [0.25, 0.3) is 5.56 Å². The minimum Gasteiger partial charge on any atom is -0.481 e. The summed E-state index contributed by atoms with van der Waals surface area (Å²) < 4.78 is 39.3. The van der Waals surface area contributed by atoms with Crippen LogP contribution >= 0.6 is 0 Å². The maximum absolute atomic E-state index is 13.6. The molecule has 11 heteroatoms. The molecule has 0 amide bonds. The highest BCUT2D eigenvalue weighted by atomic mass is 19.2. The largest absolute Gasteiger partial charge is 0.481 e. The summed E-state index contributed by atoms with van der Waals surface area (Å²) in [5.41, 5.74) is 0.297. The first-order valence-electron chi connectivity index (χ1n) is 10.2. The van der Waals surface area contributed by atoms with Gasteiger partial charge in [0.05, 0.1) is 25.9 Å². The molecule has 176 valence electrons. The quantitative estimate of drug-likeness (QED) is 0.547. The first-order valence-corrected chi connectivity index (χ1v) is 10.2. The number of nitrogens with zero attached hydrogens (tertiary/aromatic N) is 3. The molecule has 0 spiro atoms. The van der Waals surface area contributed by atoms with E-state index in [2.05, 4.69) is 10.3 Å². The van der Waals surface area contributed by atoms with Gasteiger partial charge in [0.2, 0.25) is 5.88 Å². The van der Waals surface area contributed by atoms with E-state index < -0.39 is 28.9 Å². The van der Waals surface area contributed by atoms with Gasteiger partial charge in [0.15, 0.2) is 11.6 Å². The third-order valence-corrected chi connectivity index (χ3v) is 5.35. The van der Waals surface area contributed by atoms with Crippen LogP contribution in [-0.2, 0) is 29.2 Å². The van der Waals surface area contributed by atoms with Crippen molar-refractivity contribution in [2.24, 2.45) is 0 Å². The second-order valence-electron chi connectivity index (χ2n) is 7.54. The molecule has 0 unspecified atom stereocenters. The van der Waals surface area contributed by atoms with Gasteiger partial charge in [0.1, 0.15) is 12.3 Å². The van der Waals surface area contributed by atoms with Crippen molar-refractivity contribution < 1.29 is 23.0 Å². The Bertz CT molecular complexity index is 1430. The summed E-state index contributed by atoms with van der Waals surface area (Å²) in [4.78, 5) is 42.4. The Labute approximate surface area is 191 Å². The Morgan fingerprint density at radius 1 is 1.15 bits per heavy atom. The average Bonchev–Trinajstić information content (AvgIpc) is 2.85. The van der Waals surface area contributed by atoms with Crippen molar-refractivity contribution in [1.29, 1.82) is 0 Å². The molecule has 2 aromatic heterocycles. The molecular formula is C23H20F2N4O5. The monoisotopic (exact) mass is 470 g/mol. The van der Waals surface area contributed by atoms with Crippen molar-refractivity contribution in [3.05, 3.63) is 97.1 Å². The first-order chi connectivity index (χ1) is 16.3. The van der Waals surface area contributed by atoms with Gasteiger partial charge in [-0.25, -0.2) is 23.4 Å². The molecule has 1 N–H and O–H groups in total. The SMILES string of the molecule is COc1cc(COC(=O)C2=Cn3c(c(C)c(=O)n(Cc4ccc(F)c(F)c4)c3=O)CN2)ccn1. The molecule has 3 aromatic rings. The molecule has 1 aromatic carbocycles. The van der Waals surface area contributed by atoms with Crippen LogP contribution in [0.1, 0.15) is 22.4 Å². The number of fused-ring (bicyclic) bond motifs is 1. The van der Waals surface area contributed by atoms with Crippen molar-refractivity contribution in [2.75, 3.05) is 7.11 Å². The van der Waals surface area contributed by atoms with E-state index in [0.29, 0.717) is 17.1 Å². The number of rotatable bonds is 6. The smallest absolute Gasteiger partial charge is 0.356 e. The summed E-state index contributed by atoms with van der Waals surface area (Å²) in [5.74, 6) is -2.44. The fourth-order valence-electron chi connectivity index (χ4n) is 3.51. The van der Waals surface area contributed by atoms with Crippen LogP contribution < -0.4 is 21.3 Å². The van der Waals surface area contributed by atoms with Gasteiger partial charge < -0.3 is 14.8 Å². The summed E-state index contributed by atoms with van der Waals surface area (Å²) >= 11 is 0. The van der Waals surface area contributed by atoms with Crippen LogP contribution in [0.25, 0.3) is 6.20 Å². The summed E-state index contributed by atoms with van der Waals surface area (Å²) in [6.45, 7) is 1.28. The van der Waals surface area contributed by atoms with E-state index in [4.69, 9.17) is 9.47 Å². The number of methoxy groups -OCH3 is 1. The van der Waals surface area contributed by atoms with Gasteiger partial charge in [-0.1, -0.05) is 6.07 Å². The normalized spacial score (nSPS) is 12.4. The number of carbonyl (C=O) groups excluding carboxylic acids is 1. The van der Waals surface area contributed by atoms with Gasteiger partial charge >= 0.3 is 11.7 Å². The van der Waals surface area contributed by atoms with Crippen molar-refractivity contribution in [1.82, 2.24) is 19.4 Å². The number of esters is 1. The molecule has 0 aliphatic carbocycles. The molecule has 1 aliphatic heterocycles. The van der Waals surface area contributed by atoms with Crippen LogP contribution in [0.4, 0.5) is 8.78 Å². The number of ether oxygens (including phenoxy) is 2. The molecule has 0 atom stereocenters. The predicted octanol–water partition coefficient (Wildman–Crippen LogP) is 1.69. The first kappa shape index (κ1) is 22.9. The summed E-state index contributed by atoms with van der Waals surface area (Å²) in [5, 5.41) is 2.86. The van der Waals surface area contributed by atoms with Crippen molar-refractivity contribution in [2.45, 2.75) is 26.6 Å². The van der Waals surface area contributed by atoms with Gasteiger partial charge in [-0.2, -0.15) is 0 Å². The fraction of sp³-hybridized carbons (Fsp3) is 0.217. The second kappa shape index (κ2) is 9.30. The van der Waals surface area contributed by atoms with E-state index in [1.807, 2.05) is 0 Å². The lowest BCUT2D eigenvalue weighted by molar-refractivity contribution is -0.140. The van der Waals surface area contributed by atoms with E-state index in [0.717, 1.165) is 16.7 Å². The number of hydrogen-bond acceptors (Lipinski definition) is 7. The molecule has 1 aliphatic rings. The Hall–Kier alpha value is -4.28. The lowest BCUT2D eigenvalue weighted by atomic mass is 10.2. The molecule has 0 fully saturated rings. The highest BCUT2D eigenvalue weighted by Crippen LogP contribution is 2.14. The standard InChI is InChI=1S/C23H20F2N4O5/c1-13-19-9-27-18(22(31)34-12-15-5-6-26-20(8-15)33-2)11-28(19)23(32)29(21(13)30)10-14-3-4-16(24)17(25)7-14/h3-8,11,27H,9-10,12H2,1-2H3. The van der Waals surface area contributed by atoms with E-state index in [1.165, 1.54) is 30.1 Å². The average molecular weight is 470 g/mol. The fourth-order valence-corrected chi connectivity index (χ4v) is 3.51.